The number of hydrogen-bond acceptors (Lipinski definition) is 3. The number of pyridine rings is 1. The van der Waals surface area contributed by atoms with Gasteiger partial charge < -0.3 is 5.73 Å². The summed E-state index contributed by atoms with van der Waals surface area (Å²) in [7, 11) is 0. The molecule has 2 aromatic rings. The Morgan fingerprint density at radius 1 is 1.47 bits per heavy atom. The second-order valence-corrected chi connectivity index (χ2v) is 3.30. The minimum absolute atomic E-state index is 0.235. The average molecular weight is 206 g/mol. The Morgan fingerprint density at radius 3 is 2.87 bits per heavy atom. The molecule has 0 unspecified atom stereocenters. The second-order valence-electron chi connectivity index (χ2n) is 3.30. The van der Waals surface area contributed by atoms with Crippen molar-refractivity contribution in [3.63, 3.8) is 0 Å². The molecule has 0 bridgehead atoms. The van der Waals surface area contributed by atoms with Gasteiger partial charge in [-0.25, -0.2) is 14.1 Å². The molecule has 15 heavy (non-hydrogen) atoms. The molecule has 0 aromatic carbocycles. The van der Waals surface area contributed by atoms with Gasteiger partial charge in [-0.1, -0.05) is 0 Å². The predicted octanol–water partition coefficient (Wildman–Crippen LogP) is 1.17. The zero-order chi connectivity index (χ0) is 10.8. The molecule has 0 aliphatic rings. The van der Waals surface area contributed by atoms with Crippen LogP contribution in [-0.4, -0.2) is 14.8 Å². The van der Waals surface area contributed by atoms with E-state index in [0.29, 0.717) is 11.4 Å². The summed E-state index contributed by atoms with van der Waals surface area (Å²) in [6, 6.07) is 1.37. The maximum atomic E-state index is 12.9. The van der Waals surface area contributed by atoms with Crippen LogP contribution in [0.4, 0.5) is 4.39 Å². The van der Waals surface area contributed by atoms with Crippen LogP contribution in [0, 0.1) is 12.7 Å². The number of hydrogen-bond donors (Lipinski definition) is 1. The number of nitrogens with two attached hydrogens (primary N) is 1. The second kappa shape index (κ2) is 3.78. The summed E-state index contributed by atoms with van der Waals surface area (Å²) < 4.78 is 14.5. The molecule has 4 nitrogen and oxygen atoms in total. The van der Waals surface area contributed by atoms with Crippen LogP contribution < -0.4 is 5.73 Å². The molecule has 78 valence electrons. The third-order valence-electron chi connectivity index (χ3n) is 2.06. The van der Waals surface area contributed by atoms with Crippen LogP contribution in [0.15, 0.2) is 24.7 Å². The van der Waals surface area contributed by atoms with E-state index in [1.54, 1.807) is 10.9 Å². The van der Waals surface area contributed by atoms with Crippen molar-refractivity contribution in [3.8, 4) is 5.82 Å². The molecule has 0 aliphatic carbocycles. The normalized spacial score (nSPS) is 10.6. The Bertz CT molecular complexity index is 478. The van der Waals surface area contributed by atoms with Gasteiger partial charge >= 0.3 is 0 Å². The van der Waals surface area contributed by atoms with E-state index < -0.39 is 0 Å². The fourth-order valence-electron chi connectivity index (χ4n) is 1.36. The van der Waals surface area contributed by atoms with Gasteiger partial charge in [0.05, 0.1) is 12.4 Å². The molecular weight excluding hydrogens is 195 g/mol. The SMILES string of the molecule is Cc1cnn(-c2ncc(F)cc2CN)c1. The van der Waals surface area contributed by atoms with Crippen molar-refractivity contribution in [1.82, 2.24) is 14.8 Å². The van der Waals surface area contributed by atoms with E-state index in [-0.39, 0.29) is 12.4 Å². The highest BCUT2D eigenvalue weighted by Crippen LogP contribution is 2.12. The number of nitrogens with zero attached hydrogens (tertiary/aromatic N) is 3. The van der Waals surface area contributed by atoms with Crippen LogP contribution in [0.3, 0.4) is 0 Å². The number of halogens is 1. The summed E-state index contributed by atoms with van der Waals surface area (Å²) in [5.41, 5.74) is 7.17. The van der Waals surface area contributed by atoms with Gasteiger partial charge in [0.2, 0.25) is 0 Å². The van der Waals surface area contributed by atoms with Crippen LogP contribution in [0.2, 0.25) is 0 Å². The van der Waals surface area contributed by atoms with Gasteiger partial charge in [-0.3, -0.25) is 0 Å². The third-order valence-corrected chi connectivity index (χ3v) is 2.06. The Labute approximate surface area is 86.6 Å². The van der Waals surface area contributed by atoms with E-state index in [4.69, 9.17) is 5.73 Å². The standard InChI is InChI=1S/C10H11FN4/c1-7-4-14-15(6-7)10-8(3-12)2-9(11)5-13-10/h2,4-6H,3,12H2,1H3. The molecular formula is C10H11FN4. The molecule has 2 aromatic heterocycles. The van der Waals surface area contributed by atoms with Gasteiger partial charge in [0.15, 0.2) is 5.82 Å². The third kappa shape index (κ3) is 1.87. The van der Waals surface area contributed by atoms with Gasteiger partial charge in [-0.2, -0.15) is 5.10 Å². The molecule has 0 saturated heterocycles. The molecule has 2 rings (SSSR count). The predicted molar refractivity (Wildman–Crippen MR) is 53.9 cm³/mol. The molecule has 0 aliphatic heterocycles. The summed E-state index contributed by atoms with van der Waals surface area (Å²) >= 11 is 0. The summed E-state index contributed by atoms with van der Waals surface area (Å²) in [6.07, 6.45) is 4.69. The van der Waals surface area contributed by atoms with E-state index in [0.717, 1.165) is 11.8 Å². The Balaban J connectivity index is 2.52. The number of aryl methyl sites for hydroxylation is 1. The highest BCUT2D eigenvalue weighted by molar-refractivity contribution is 5.33. The minimum Gasteiger partial charge on any atom is -0.326 e. The molecule has 5 heteroatoms. The van der Waals surface area contributed by atoms with Gasteiger partial charge in [0.1, 0.15) is 5.82 Å². The first-order valence-corrected chi connectivity index (χ1v) is 4.57. The molecule has 0 atom stereocenters. The van der Waals surface area contributed by atoms with Crippen molar-refractivity contribution in [1.29, 1.82) is 0 Å². The van der Waals surface area contributed by atoms with Crippen LogP contribution in [0.1, 0.15) is 11.1 Å². The van der Waals surface area contributed by atoms with Gasteiger partial charge in [0, 0.05) is 18.3 Å². The van der Waals surface area contributed by atoms with Crippen molar-refractivity contribution in [2.24, 2.45) is 5.73 Å². The summed E-state index contributed by atoms with van der Waals surface area (Å²) in [4.78, 5) is 3.98. The molecule has 2 N–H and O–H groups in total. The zero-order valence-electron chi connectivity index (χ0n) is 8.31. The molecule has 0 fully saturated rings. The van der Waals surface area contributed by atoms with E-state index in [2.05, 4.69) is 10.1 Å². The maximum absolute atomic E-state index is 12.9. The van der Waals surface area contributed by atoms with E-state index >= 15 is 0 Å². The average Bonchev–Trinajstić information content (AvgIpc) is 2.64. The van der Waals surface area contributed by atoms with E-state index in [1.165, 1.54) is 6.07 Å². The van der Waals surface area contributed by atoms with Crippen molar-refractivity contribution < 1.29 is 4.39 Å². The van der Waals surface area contributed by atoms with Crippen molar-refractivity contribution >= 4 is 0 Å². The largest absolute Gasteiger partial charge is 0.326 e. The lowest BCUT2D eigenvalue weighted by Crippen LogP contribution is -2.07. The summed E-state index contributed by atoms with van der Waals surface area (Å²) in [5, 5.41) is 4.10. The molecule has 0 amide bonds. The monoisotopic (exact) mass is 206 g/mol. The maximum Gasteiger partial charge on any atom is 0.157 e. The Hall–Kier alpha value is -1.75. The Morgan fingerprint density at radius 2 is 2.27 bits per heavy atom. The quantitative estimate of drug-likeness (QED) is 0.802. The van der Waals surface area contributed by atoms with Crippen molar-refractivity contribution in [3.05, 3.63) is 41.6 Å². The van der Waals surface area contributed by atoms with Crippen molar-refractivity contribution in [2.75, 3.05) is 0 Å². The first kappa shape index (κ1) is 9.79. The summed E-state index contributed by atoms with van der Waals surface area (Å²) in [5.74, 6) is 0.190. The van der Waals surface area contributed by atoms with Gasteiger partial charge in [-0.15, -0.1) is 0 Å². The highest BCUT2D eigenvalue weighted by atomic mass is 19.1. The smallest absolute Gasteiger partial charge is 0.157 e. The Kier molecular flexibility index (Phi) is 2.47. The van der Waals surface area contributed by atoms with E-state index in [9.17, 15) is 4.39 Å². The van der Waals surface area contributed by atoms with Crippen LogP contribution in [-0.2, 0) is 6.54 Å². The highest BCUT2D eigenvalue weighted by Gasteiger charge is 2.07. The molecule has 0 radical (unpaired) electrons. The zero-order valence-corrected chi connectivity index (χ0v) is 8.31. The van der Waals surface area contributed by atoms with Crippen LogP contribution in [0.25, 0.3) is 5.82 Å². The van der Waals surface area contributed by atoms with Gasteiger partial charge in [-0.05, 0) is 18.6 Å². The van der Waals surface area contributed by atoms with Gasteiger partial charge in [0.25, 0.3) is 0 Å². The molecule has 0 spiro atoms. The topological polar surface area (TPSA) is 56.7 Å². The lowest BCUT2D eigenvalue weighted by Gasteiger charge is -2.05. The lowest BCUT2D eigenvalue weighted by molar-refractivity contribution is 0.615. The molecule has 0 saturated carbocycles. The minimum atomic E-state index is -0.386. The fraction of sp³-hybridized carbons (Fsp3) is 0.200. The first-order chi connectivity index (χ1) is 7.20. The summed E-state index contributed by atoms with van der Waals surface area (Å²) in [6.45, 7) is 2.16. The lowest BCUT2D eigenvalue weighted by atomic mass is 10.2. The van der Waals surface area contributed by atoms with E-state index in [1.807, 2.05) is 13.1 Å². The van der Waals surface area contributed by atoms with Crippen LogP contribution in [0.5, 0.6) is 0 Å². The number of aromatic nitrogens is 3. The first-order valence-electron chi connectivity index (χ1n) is 4.57. The number of rotatable bonds is 2. The fourth-order valence-corrected chi connectivity index (χ4v) is 1.36. The molecule has 2 heterocycles. The van der Waals surface area contributed by atoms with Crippen LogP contribution >= 0.6 is 0 Å². The van der Waals surface area contributed by atoms with Crippen molar-refractivity contribution in [2.45, 2.75) is 13.5 Å².